The molecular weight excluding hydrogens is 1950 g/mol. The Bertz CT molecular complexity index is 1650. The van der Waals surface area contributed by atoms with Crippen LogP contribution in [0.3, 0.4) is 0 Å². The minimum absolute atomic E-state index is 0. The van der Waals surface area contributed by atoms with Crippen molar-refractivity contribution in [1.82, 2.24) is 0 Å². The van der Waals surface area contributed by atoms with Crippen molar-refractivity contribution >= 4 is 179 Å². The first-order chi connectivity index (χ1) is 50.2. The Morgan fingerprint density at radius 3 is 0.0800 bits per heavy atom. The molecule has 87 nitrogen and oxygen atoms in total. The molecule has 0 aliphatic heterocycles. The first kappa shape index (κ1) is 252. The van der Waals surface area contributed by atoms with E-state index < -0.39 is 179 Å². The average molecular weight is 2000 g/mol. The maximum atomic E-state index is 8.56. The van der Waals surface area contributed by atoms with E-state index in [0.29, 0.717) is 0 Å². The SMILES string of the molecule is O=C(O)O.O=C(O)O.O=C(O)O.O=C(O)O.O=C(O)O.O=C(O)O.O=C(O)O.O=C(O)O.O=C(O)O.O=C(O)O.O=C(O)O.O=C(O)O.O=C(O)O.O=C(O)O.O=C(O)O.O=C(O)O.O=C(O)O.O=C(O)O.O=C(O)O.O=C(O)O.O=C([O-])O.O=C([O-])O.O=C([O-])O.O=C([O-])O.O=C([O-])O.O=C([O-])O.O=C([O-])O.O=C([O-])O.O=C([O-])O.[Na+].[Na+].[Na+].[Na+].[Na+].[Na+].[Na+].[Na+].[Na+]. The first-order valence-corrected chi connectivity index (χ1v) is 18.7. The quantitative estimate of drug-likeness (QED) is 0.100. The zero-order valence-electron chi connectivity index (χ0n) is 60.9. The Morgan fingerprint density at radius 1 is 0.0800 bits per heavy atom. The second-order valence-corrected chi connectivity index (χ2v) is 8.04. The van der Waals surface area contributed by atoms with Crippen LogP contribution in [0, 0.1) is 0 Å². The molecule has 0 aromatic carbocycles. The van der Waals surface area contributed by atoms with Gasteiger partial charge in [0.2, 0.25) is 55.4 Å². The second kappa shape index (κ2) is 245. The van der Waals surface area contributed by atoms with E-state index in [9.17, 15) is 0 Å². The van der Waals surface area contributed by atoms with Crippen LogP contribution in [-0.4, -0.2) is 429 Å². The van der Waals surface area contributed by atoms with Crippen LogP contribution in [0.2, 0.25) is 0 Å². The fourth-order valence-corrected chi connectivity index (χ4v) is 0. The number of hydrogen-bond acceptors (Lipinski definition) is 38. The summed E-state index contributed by atoms with van der Waals surface area (Å²) in [6.45, 7) is 0. The average Bonchev–Trinajstić information content (AvgIpc) is 3.26. The van der Waals surface area contributed by atoms with Crippen molar-refractivity contribution in [2.24, 2.45) is 0 Å². The maximum Gasteiger partial charge on any atom is 1.00 e. The van der Waals surface area contributed by atoms with E-state index in [1.807, 2.05) is 0 Å². The van der Waals surface area contributed by atoms with Crippen LogP contribution >= 0.6 is 0 Å². The molecule has 0 atom stereocenters. The Labute approximate surface area is 870 Å². The van der Waals surface area contributed by atoms with Gasteiger partial charge in [-0.3, -0.25) is 0 Å². The fourth-order valence-electron chi connectivity index (χ4n) is 0. The molecule has 0 aliphatic carbocycles. The third kappa shape index (κ3) is 9110. The van der Waals surface area contributed by atoms with Gasteiger partial charge >= 0.3 is 389 Å². The molecule has 0 spiro atoms. The topological polar surface area (TPSA) is 1690 Å². The van der Waals surface area contributed by atoms with Gasteiger partial charge in [-0.05, 0) is 0 Å². The molecule has 0 saturated carbocycles. The second-order valence-electron chi connectivity index (χ2n) is 8.04. The third-order valence-corrected chi connectivity index (χ3v) is 0. The van der Waals surface area contributed by atoms with Gasteiger partial charge in [0.1, 0.15) is 0 Å². The summed E-state index contributed by atoms with van der Waals surface area (Å²) < 4.78 is 0. The van der Waals surface area contributed by atoms with Gasteiger partial charge in [0.05, 0.1) is 0 Å². The molecular formula is C29H49Na9O87. The van der Waals surface area contributed by atoms with E-state index in [1.54, 1.807) is 0 Å². The molecule has 0 radical (unpaired) electrons. The molecule has 0 fully saturated rings. The summed E-state index contributed by atoms with van der Waals surface area (Å²) in [4.78, 5) is 247. The Kier molecular flexibility index (Phi) is 495. The molecule has 96 heteroatoms. The smallest absolute Gasteiger partial charge is 0.565 e. The van der Waals surface area contributed by atoms with Crippen LogP contribution in [0.1, 0.15) is 0 Å². The molecule has 0 heterocycles. The minimum atomic E-state index is -2.08. The molecule has 0 aromatic heterocycles. The standard InChI is InChI=1S/29CH2O3.9Na/c29*2-1(3)4;;;;;;;;;/h29*(H2,2,3,4);;;;;;;;;/q;;;;;;;;;;;;;;;;;;;;;;;;;;;;;9*+1/p-9. The van der Waals surface area contributed by atoms with Crippen molar-refractivity contribution < 1.29 is 701 Å². The van der Waals surface area contributed by atoms with Gasteiger partial charge in [0, 0.05) is 0 Å². The van der Waals surface area contributed by atoms with E-state index >= 15 is 0 Å². The number of carbonyl (C=O) groups is 29. The molecule has 0 bridgehead atoms. The summed E-state index contributed by atoms with van der Waals surface area (Å²) in [5.41, 5.74) is 0. The van der Waals surface area contributed by atoms with Gasteiger partial charge in [-0.25, -0.2) is 95.9 Å². The number of rotatable bonds is 0. The van der Waals surface area contributed by atoms with E-state index in [4.69, 9.17) is 435 Å². The molecule has 0 rings (SSSR count). The number of hydrogen-bond donors (Lipinski definition) is 49. The fraction of sp³-hybridized carbons (Fsp3) is 0. The first-order valence-electron chi connectivity index (χ1n) is 18.7. The molecule has 49 N–H and O–H groups in total. The van der Waals surface area contributed by atoms with Crippen LogP contribution in [-0.2, 0) is 0 Å². The summed E-state index contributed by atoms with van der Waals surface area (Å²) in [5, 5.41) is 417. The third-order valence-electron chi connectivity index (χ3n) is 0. The van der Waals surface area contributed by atoms with Gasteiger partial charge in [0.25, 0.3) is 0 Å². The summed E-state index contributed by atoms with van der Waals surface area (Å²) in [6.07, 6.45) is -55.4. The van der Waals surface area contributed by atoms with Gasteiger partial charge in [0.15, 0.2) is 0 Å². The Hall–Kier alpha value is -12.2. The number of carboxylic acid groups (broad SMARTS) is 58. The van der Waals surface area contributed by atoms with E-state index in [2.05, 4.69) is 0 Å². The zero-order chi connectivity index (χ0) is 104. The molecule has 125 heavy (non-hydrogen) atoms. The van der Waals surface area contributed by atoms with Gasteiger partial charge in [-0.15, -0.1) is 0 Å². The molecule has 0 aromatic rings. The van der Waals surface area contributed by atoms with Crippen LogP contribution in [0.4, 0.5) is 139 Å². The normalized spacial score (nSPS) is 5.57. The summed E-state index contributed by atoms with van der Waals surface area (Å²) in [5.74, 6) is 0. The van der Waals surface area contributed by atoms with Gasteiger partial charge in [-0.2, -0.15) is 0 Å². The van der Waals surface area contributed by atoms with Crippen LogP contribution < -0.4 is 312 Å². The Balaban J connectivity index is -0.0000000174. The molecule has 0 unspecified atom stereocenters. The molecule has 696 valence electrons. The van der Waals surface area contributed by atoms with E-state index in [0.717, 1.165) is 0 Å². The predicted octanol–water partition coefficient (Wildman–Crippen LogP) is -32.5. The van der Waals surface area contributed by atoms with E-state index in [-0.39, 0.29) is 266 Å². The molecule has 0 aliphatic rings. The van der Waals surface area contributed by atoms with Gasteiger partial charge in [-0.1, -0.05) is 0 Å². The zero-order valence-corrected chi connectivity index (χ0v) is 78.9. The molecule has 0 amide bonds. The van der Waals surface area contributed by atoms with Crippen molar-refractivity contribution in [3.8, 4) is 0 Å². The van der Waals surface area contributed by atoms with Crippen molar-refractivity contribution in [3.05, 3.63) is 0 Å². The van der Waals surface area contributed by atoms with Crippen LogP contribution in [0.25, 0.3) is 0 Å². The van der Waals surface area contributed by atoms with Crippen molar-refractivity contribution in [3.63, 3.8) is 0 Å². The summed E-state index contributed by atoms with van der Waals surface area (Å²) in [7, 11) is 0. The summed E-state index contributed by atoms with van der Waals surface area (Å²) in [6, 6.07) is 0. The largest absolute Gasteiger partial charge is 1.00 e. The summed E-state index contributed by atoms with van der Waals surface area (Å²) >= 11 is 0. The van der Waals surface area contributed by atoms with Crippen molar-refractivity contribution in [2.75, 3.05) is 0 Å². The van der Waals surface area contributed by atoms with Crippen molar-refractivity contribution in [2.45, 2.75) is 0 Å². The maximum absolute atomic E-state index is 8.56. The van der Waals surface area contributed by atoms with Crippen LogP contribution in [0.5, 0.6) is 0 Å². The monoisotopic (exact) mass is 2000 g/mol. The predicted molar refractivity (Wildman–Crippen MR) is 285 cm³/mol. The van der Waals surface area contributed by atoms with Crippen molar-refractivity contribution in [1.29, 1.82) is 0 Å². The van der Waals surface area contributed by atoms with E-state index in [1.165, 1.54) is 0 Å². The van der Waals surface area contributed by atoms with Gasteiger partial charge < -0.3 is 339 Å². The van der Waals surface area contributed by atoms with Crippen LogP contribution in [0.15, 0.2) is 0 Å². The molecule has 0 saturated heterocycles. The Morgan fingerprint density at radius 2 is 0.0800 bits per heavy atom. The minimum Gasteiger partial charge on any atom is -0.565 e.